The molecule has 0 spiro atoms. The van der Waals surface area contributed by atoms with E-state index in [0.717, 1.165) is 11.1 Å². The number of hydrogen-bond donors (Lipinski definition) is 2. The summed E-state index contributed by atoms with van der Waals surface area (Å²) in [6.07, 6.45) is 3.86. The molecular weight excluding hydrogens is 458 g/mol. The highest BCUT2D eigenvalue weighted by Crippen LogP contribution is 2.29. The number of aromatic nitrogens is 2. The van der Waals surface area contributed by atoms with Gasteiger partial charge in [0.25, 0.3) is 5.91 Å². The van der Waals surface area contributed by atoms with E-state index in [-0.39, 0.29) is 16.7 Å². The van der Waals surface area contributed by atoms with Crippen LogP contribution in [0.4, 0.5) is 14.6 Å². The van der Waals surface area contributed by atoms with Crippen molar-refractivity contribution in [2.75, 3.05) is 11.9 Å². The molecule has 172 valence electrons. The van der Waals surface area contributed by atoms with Gasteiger partial charge in [0.1, 0.15) is 17.5 Å². The van der Waals surface area contributed by atoms with Gasteiger partial charge in [-0.15, -0.1) is 0 Å². The Hall–Kier alpha value is -3.84. The van der Waals surface area contributed by atoms with Crippen LogP contribution in [0.3, 0.4) is 0 Å². The molecule has 4 rings (SSSR count). The average molecular weight is 479 g/mol. The van der Waals surface area contributed by atoms with Crippen LogP contribution in [0.1, 0.15) is 21.5 Å². The van der Waals surface area contributed by atoms with Crippen molar-refractivity contribution in [3.05, 3.63) is 112 Å². The number of amides is 1. The van der Waals surface area contributed by atoms with E-state index in [2.05, 4.69) is 20.6 Å². The van der Waals surface area contributed by atoms with E-state index in [1.165, 1.54) is 24.3 Å². The van der Waals surface area contributed by atoms with Crippen LogP contribution in [-0.2, 0) is 13.0 Å². The number of hydrogen-bond acceptors (Lipinski definition) is 4. The lowest BCUT2D eigenvalue weighted by Crippen LogP contribution is -2.24. The fraction of sp³-hybridized carbons (Fsp3) is 0.115. The number of nitrogens with zero attached hydrogens (tertiary/aromatic N) is 2. The van der Waals surface area contributed by atoms with Crippen LogP contribution in [0.25, 0.3) is 11.3 Å². The lowest BCUT2D eigenvalue weighted by Gasteiger charge is -2.14. The number of carbonyl (C=O) groups excluding carboxylic acids is 1. The van der Waals surface area contributed by atoms with E-state index in [1.807, 2.05) is 12.1 Å². The molecule has 0 atom stereocenters. The zero-order chi connectivity index (χ0) is 23.9. The summed E-state index contributed by atoms with van der Waals surface area (Å²) in [7, 11) is 0. The molecule has 0 aliphatic carbocycles. The maximum Gasteiger partial charge on any atom is 0.255 e. The molecule has 1 amide bonds. The Bertz CT molecular complexity index is 1300. The van der Waals surface area contributed by atoms with E-state index >= 15 is 0 Å². The summed E-state index contributed by atoms with van der Waals surface area (Å²) < 4.78 is 27.0. The van der Waals surface area contributed by atoms with Gasteiger partial charge in [0.05, 0.1) is 16.3 Å². The van der Waals surface area contributed by atoms with E-state index in [9.17, 15) is 13.6 Å². The third kappa shape index (κ3) is 5.94. The van der Waals surface area contributed by atoms with Crippen LogP contribution >= 0.6 is 11.6 Å². The van der Waals surface area contributed by atoms with Crippen molar-refractivity contribution in [3.63, 3.8) is 0 Å². The van der Waals surface area contributed by atoms with Gasteiger partial charge in [-0.25, -0.2) is 13.8 Å². The quantitative estimate of drug-likeness (QED) is 0.343. The predicted octanol–water partition coefficient (Wildman–Crippen LogP) is 5.66. The van der Waals surface area contributed by atoms with E-state index in [1.54, 1.807) is 42.7 Å². The molecule has 34 heavy (non-hydrogen) atoms. The minimum Gasteiger partial charge on any atom is -0.369 e. The summed E-state index contributed by atoms with van der Waals surface area (Å²) in [6.45, 7) is 0.723. The van der Waals surface area contributed by atoms with Crippen LogP contribution in [-0.4, -0.2) is 22.4 Å². The predicted molar refractivity (Wildman–Crippen MR) is 129 cm³/mol. The summed E-state index contributed by atoms with van der Waals surface area (Å²) >= 11 is 6.21. The fourth-order valence-electron chi connectivity index (χ4n) is 3.42. The number of pyridine rings is 2. The van der Waals surface area contributed by atoms with E-state index in [0.29, 0.717) is 42.1 Å². The second kappa shape index (κ2) is 10.9. The number of benzene rings is 2. The zero-order valence-corrected chi connectivity index (χ0v) is 18.8. The molecule has 0 bridgehead atoms. The third-order valence-electron chi connectivity index (χ3n) is 5.12. The minimum atomic E-state index is -0.450. The Balaban J connectivity index is 1.57. The van der Waals surface area contributed by atoms with Crippen LogP contribution in [0.2, 0.25) is 5.02 Å². The molecule has 4 aromatic rings. The SMILES string of the molecule is O=C(NCc1cccnc1)c1ccc(-c2ccc(F)cc2Cl)nc1NCCc1cccc(F)c1. The summed E-state index contributed by atoms with van der Waals surface area (Å²) in [4.78, 5) is 21.6. The lowest BCUT2D eigenvalue weighted by atomic mass is 10.1. The molecule has 2 aromatic carbocycles. The molecule has 0 fully saturated rings. The van der Waals surface area contributed by atoms with Crippen molar-refractivity contribution in [2.24, 2.45) is 0 Å². The maximum atomic E-state index is 13.5. The van der Waals surface area contributed by atoms with Crippen molar-refractivity contribution in [3.8, 4) is 11.3 Å². The molecule has 2 heterocycles. The highest BCUT2D eigenvalue weighted by Gasteiger charge is 2.16. The standard InChI is InChI=1S/C26H21ClF2N4O/c27-23-14-20(29)6-7-21(23)24-9-8-22(26(34)32-16-18-4-2-11-30-15-18)25(33-24)31-12-10-17-3-1-5-19(28)13-17/h1-9,11,13-15H,10,12,16H2,(H,31,33)(H,32,34). The van der Waals surface area contributed by atoms with Crippen molar-refractivity contribution in [1.29, 1.82) is 0 Å². The first kappa shape index (κ1) is 23.3. The van der Waals surface area contributed by atoms with Crippen LogP contribution in [0.15, 0.2) is 79.1 Å². The second-order valence-electron chi connectivity index (χ2n) is 7.57. The summed E-state index contributed by atoms with van der Waals surface area (Å²) in [6, 6.07) is 17.3. The highest BCUT2D eigenvalue weighted by molar-refractivity contribution is 6.33. The molecule has 5 nitrogen and oxygen atoms in total. The first-order chi connectivity index (χ1) is 16.5. The normalized spacial score (nSPS) is 10.7. The number of carbonyl (C=O) groups is 1. The molecule has 2 N–H and O–H groups in total. The first-order valence-corrected chi connectivity index (χ1v) is 11.0. The molecule has 0 aliphatic rings. The molecule has 0 saturated carbocycles. The average Bonchev–Trinajstić information content (AvgIpc) is 2.83. The van der Waals surface area contributed by atoms with Gasteiger partial charge >= 0.3 is 0 Å². The van der Waals surface area contributed by atoms with E-state index in [4.69, 9.17) is 11.6 Å². The minimum absolute atomic E-state index is 0.215. The number of anilines is 1. The van der Waals surface area contributed by atoms with Crippen LogP contribution < -0.4 is 10.6 Å². The molecule has 0 saturated heterocycles. The molecule has 8 heteroatoms. The molecular formula is C26H21ClF2N4O. The van der Waals surface area contributed by atoms with Gasteiger partial charge in [-0.2, -0.15) is 0 Å². The largest absolute Gasteiger partial charge is 0.369 e. The van der Waals surface area contributed by atoms with Gasteiger partial charge < -0.3 is 10.6 Å². The summed E-state index contributed by atoms with van der Waals surface area (Å²) in [5.74, 6) is -0.730. The van der Waals surface area contributed by atoms with Crippen molar-refractivity contribution < 1.29 is 13.6 Å². The maximum absolute atomic E-state index is 13.5. The number of rotatable bonds is 8. The molecule has 0 aliphatic heterocycles. The molecule has 2 aromatic heterocycles. The Labute approximate surface area is 200 Å². The fourth-order valence-corrected chi connectivity index (χ4v) is 3.69. The number of nitrogens with one attached hydrogen (secondary N) is 2. The van der Waals surface area contributed by atoms with Gasteiger partial charge in [-0.1, -0.05) is 29.8 Å². The Kier molecular flexibility index (Phi) is 7.44. The van der Waals surface area contributed by atoms with Crippen LogP contribution in [0, 0.1) is 11.6 Å². The summed E-state index contributed by atoms with van der Waals surface area (Å²) in [5, 5.41) is 6.26. The summed E-state index contributed by atoms with van der Waals surface area (Å²) in [5.41, 5.74) is 3.04. The third-order valence-corrected chi connectivity index (χ3v) is 5.43. The Morgan fingerprint density at radius 2 is 1.76 bits per heavy atom. The lowest BCUT2D eigenvalue weighted by molar-refractivity contribution is 0.0951. The Morgan fingerprint density at radius 1 is 0.941 bits per heavy atom. The van der Waals surface area contributed by atoms with Gasteiger partial charge in [-0.05, 0) is 66.1 Å². The monoisotopic (exact) mass is 478 g/mol. The van der Waals surface area contributed by atoms with Gasteiger partial charge in [-0.3, -0.25) is 9.78 Å². The smallest absolute Gasteiger partial charge is 0.255 e. The molecule has 0 radical (unpaired) electrons. The first-order valence-electron chi connectivity index (χ1n) is 10.6. The van der Waals surface area contributed by atoms with Crippen molar-refractivity contribution >= 4 is 23.3 Å². The highest BCUT2D eigenvalue weighted by atomic mass is 35.5. The second-order valence-corrected chi connectivity index (χ2v) is 7.97. The van der Waals surface area contributed by atoms with Crippen molar-refractivity contribution in [1.82, 2.24) is 15.3 Å². The number of halogens is 3. The molecule has 0 unspecified atom stereocenters. The van der Waals surface area contributed by atoms with Crippen LogP contribution in [0.5, 0.6) is 0 Å². The Morgan fingerprint density at radius 3 is 2.53 bits per heavy atom. The zero-order valence-electron chi connectivity index (χ0n) is 18.1. The van der Waals surface area contributed by atoms with Crippen molar-refractivity contribution in [2.45, 2.75) is 13.0 Å². The van der Waals surface area contributed by atoms with Gasteiger partial charge in [0.2, 0.25) is 0 Å². The van der Waals surface area contributed by atoms with E-state index < -0.39 is 5.82 Å². The van der Waals surface area contributed by atoms with Gasteiger partial charge in [0, 0.05) is 31.0 Å². The van der Waals surface area contributed by atoms with Gasteiger partial charge in [0.15, 0.2) is 0 Å². The topological polar surface area (TPSA) is 66.9 Å².